The van der Waals surface area contributed by atoms with Crippen LogP contribution in [0.25, 0.3) is 0 Å². The second-order valence-corrected chi connectivity index (χ2v) is 4.94. The molecule has 0 bridgehead atoms. The predicted octanol–water partition coefficient (Wildman–Crippen LogP) is 2.76. The van der Waals surface area contributed by atoms with E-state index in [1.807, 2.05) is 26.2 Å². The summed E-state index contributed by atoms with van der Waals surface area (Å²) in [4.78, 5) is 6.47. The van der Waals surface area contributed by atoms with E-state index in [4.69, 9.17) is 0 Å². The van der Waals surface area contributed by atoms with Gasteiger partial charge in [0.15, 0.2) is 0 Å². The molecule has 0 fully saturated rings. The number of nitrogens with zero attached hydrogens (tertiary/aromatic N) is 2. The number of hydrogen-bond acceptors (Lipinski definition) is 3. The van der Waals surface area contributed by atoms with Crippen LogP contribution in [0, 0.1) is 6.92 Å². The molecule has 1 atom stereocenters. The molecule has 0 aliphatic carbocycles. The van der Waals surface area contributed by atoms with E-state index in [-0.39, 0.29) is 6.04 Å². The first kappa shape index (κ1) is 13.6. The Morgan fingerprint density at radius 2 is 1.63 bits per heavy atom. The quantitative estimate of drug-likeness (QED) is 0.910. The largest absolute Gasteiger partial charge is 0.378 e. The highest BCUT2D eigenvalue weighted by atomic mass is 15.1. The SMILES string of the molecule is CNC(c1ccc(N(C)C)cc1)c1ccc(C)nc1. The molecule has 0 aliphatic rings. The van der Waals surface area contributed by atoms with Crippen LogP contribution in [0.5, 0.6) is 0 Å². The minimum Gasteiger partial charge on any atom is -0.378 e. The van der Waals surface area contributed by atoms with Crippen molar-refractivity contribution in [3.05, 3.63) is 59.4 Å². The summed E-state index contributed by atoms with van der Waals surface area (Å²) < 4.78 is 0. The first-order valence-corrected chi connectivity index (χ1v) is 6.49. The number of hydrogen-bond donors (Lipinski definition) is 1. The molecule has 1 aromatic carbocycles. The van der Waals surface area contributed by atoms with E-state index >= 15 is 0 Å². The molecule has 19 heavy (non-hydrogen) atoms. The average molecular weight is 255 g/mol. The maximum Gasteiger partial charge on any atom is 0.0589 e. The Balaban J connectivity index is 2.28. The van der Waals surface area contributed by atoms with Gasteiger partial charge in [0.1, 0.15) is 0 Å². The van der Waals surface area contributed by atoms with Crippen LogP contribution in [0.1, 0.15) is 22.9 Å². The van der Waals surface area contributed by atoms with E-state index in [0.29, 0.717) is 0 Å². The van der Waals surface area contributed by atoms with Gasteiger partial charge >= 0.3 is 0 Å². The van der Waals surface area contributed by atoms with E-state index in [0.717, 1.165) is 5.69 Å². The number of anilines is 1. The number of nitrogens with one attached hydrogen (secondary N) is 1. The Bertz CT molecular complexity index is 515. The van der Waals surface area contributed by atoms with Crippen molar-refractivity contribution in [2.45, 2.75) is 13.0 Å². The van der Waals surface area contributed by atoms with Gasteiger partial charge in [-0.25, -0.2) is 0 Å². The van der Waals surface area contributed by atoms with Gasteiger partial charge in [-0.05, 0) is 43.3 Å². The normalized spacial score (nSPS) is 12.2. The highest BCUT2D eigenvalue weighted by molar-refractivity contribution is 5.47. The second-order valence-electron chi connectivity index (χ2n) is 4.94. The third-order valence-corrected chi connectivity index (χ3v) is 3.30. The number of aromatic nitrogens is 1. The molecule has 1 aromatic heterocycles. The lowest BCUT2D eigenvalue weighted by molar-refractivity contribution is 0.688. The molecule has 2 rings (SSSR count). The molecule has 0 saturated heterocycles. The zero-order valence-corrected chi connectivity index (χ0v) is 12.0. The molecule has 0 amide bonds. The van der Waals surface area contributed by atoms with Crippen LogP contribution in [-0.4, -0.2) is 26.1 Å². The molecule has 0 radical (unpaired) electrons. The zero-order valence-electron chi connectivity index (χ0n) is 12.0. The van der Waals surface area contributed by atoms with Gasteiger partial charge in [-0.15, -0.1) is 0 Å². The number of pyridine rings is 1. The van der Waals surface area contributed by atoms with E-state index < -0.39 is 0 Å². The van der Waals surface area contributed by atoms with Crippen molar-refractivity contribution in [1.29, 1.82) is 0 Å². The fourth-order valence-electron chi connectivity index (χ4n) is 2.14. The topological polar surface area (TPSA) is 28.2 Å². The molecule has 0 aliphatic heterocycles. The van der Waals surface area contributed by atoms with Crippen molar-refractivity contribution in [1.82, 2.24) is 10.3 Å². The summed E-state index contributed by atoms with van der Waals surface area (Å²) in [6, 6.07) is 13.0. The van der Waals surface area contributed by atoms with Crippen LogP contribution in [0.4, 0.5) is 5.69 Å². The Morgan fingerprint density at radius 3 is 2.11 bits per heavy atom. The second kappa shape index (κ2) is 5.85. The number of benzene rings is 1. The fourth-order valence-corrected chi connectivity index (χ4v) is 2.14. The van der Waals surface area contributed by atoms with E-state index in [9.17, 15) is 0 Å². The molecular formula is C16H21N3. The molecule has 1 unspecified atom stereocenters. The van der Waals surface area contributed by atoms with Crippen LogP contribution >= 0.6 is 0 Å². The summed E-state index contributed by atoms with van der Waals surface area (Å²) in [5.74, 6) is 0. The Hall–Kier alpha value is -1.87. The van der Waals surface area contributed by atoms with E-state index in [2.05, 4.69) is 59.6 Å². The minimum atomic E-state index is 0.185. The first-order valence-electron chi connectivity index (χ1n) is 6.49. The van der Waals surface area contributed by atoms with Gasteiger partial charge in [-0.1, -0.05) is 18.2 Å². The highest BCUT2D eigenvalue weighted by Crippen LogP contribution is 2.23. The predicted molar refractivity (Wildman–Crippen MR) is 80.6 cm³/mol. The Morgan fingerprint density at radius 1 is 1.00 bits per heavy atom. The van der Waals surface area contributed by atoms with Crippen molar-refractivity contribution in [2.24, 2.45) is 0 Å². The van der Waals surface area contributed by atoms with Crippen LogP contribution in [0.2, 0.25) is 0 Å². The van der Waals surface area contributed by atoms with Crippen LogP contribution < -0.4 is 10.2 Å². The molecule has 0 saturated carbocycles. The molecule has 100 valence electrons. The van der Waals surface area contributed by atoms with Crippen LogP contribution in [0.3, 0.4) is 0 Å². The van der Waals surface area contributed by atoms with Crippen molar-refractivity contribution in [2.75, 3.05) is 26.0 Å². The standard InChI is InChI=1S/C16H21N3/c1-12-5-6-14(11-18-12)16(17-2)13-7-9-15(10-8-13)19(3)4/h5-11,16-17H,1-4H3. The summed E-state index contributed by atoms with van der Waals surface area (Å²) in [5.41, 5.74) is 4.69. The lowest BCUT2D eigenvalue weighted by atomic mass is 10.00. The van der Waals surface area contributed by atoms with Gasteiger partial charge in [0.25, 0.3) is 0 Å². The number of aryl methyl sites for hydroxylation is 1. The summed E-state index contributed by atoms with van der Waals surface area (Å²) in [6.07, 6.45) is 1.94. The molecule has 3 nitrogen and oxygen atoms in total. The molecule has 1 heterocycles. The number of rotatable bonds is 4. The highest BCUT2D eigenvalue weighted by Gasteiger charge is 2.12. The van der Waals surface area contributed by atoms with Gasteiger partial charge in [0.2, 0.25) is 0 Å². The monoisotopic (exact) mass is 255 g/mol. The van der Waals surface area contributed by atoms with E-state index in [1.54, 1.807) is 0 Å². The minimum absolute atomic E-state index is 0.185. The summed E-state index contributed by atoms with van der Waals surface area (Å²) >= 11 is 0. The molecule has 1 N–H and O–H groups in total. The zero-order chi connectivity index (χ0) is 13.8. The molecule has 0 spiro atoms. The lowest BCUT2D eigenvalue weighted by Crippen LogP contribution is -2.18. The maximum absolute atomic E-state index is 4.37. The van der Waals surface area contributed by atoms with Crippen LogP contribution in [0.15, 0.2) is 42.6 Å². The van der Waals surface area contributed by atoms with E-state index in [1.165, 1.54) is 16.8 Å². The van der Waals surface area contributed by atoms with Crippen molar-refractivity contribution in [3.8, 4) is 0 Å². The third kappa shape index (κ3) is 3.12. The van der Waals surface area contributed by atoms with Crippen molar-refractivity contribution >= 4 is 5.69 Å². The fraction of sp³-hybridized carbons (Fsp3) is 0.312. The van der Waals surface area contributed by atoms with Crippen molar-refractivity contribution < 1.29 is 0 Å². The summed E-state index contributed by atoms with van der Waals surface area (Å²) in [7, 11) is 6.08. The van der Waals surface area contributed by atoms with Crippen molar-refractivity contribution in [3.63, 3.8) is 0 Å². The molecule has 3 heteroatoms. The average Bonchev–Trinajstić information content (AvgIpc) is 2.42. The van der Waals surface area contributed by atoms with Gasteiger partial charge < -0.3 is 10.2 Å². The summed E-state index contributed by atoms with van der Waals surface area (Å²) in [6.45, 7) is 2.00. The Labute approximate surface area is 115 Å². The van der Waals surface area contributed by atoms with Gasteiger partial charge in [-0.2, -0.15) is 0 Å². The summed E-state index contributed by atoms with van der Waals surface area (Å²) in [5, 5.41) is 3.35. The Kier molecular flexibility index (Phi) is 4.17. The molecule has 2 aromatic rings. The first-order chi connectivity index (χ1) is 9.11. The van der Waals surface area contributed by atoms with Gasteiger partial charge in [0.05, 0.1) is 6.04 Å². The van der Waals surface area contributed by atoms with Gasteiger partial charge in [-0.3, -0.25) is 4.98 Å². The van der Waals surface area contributed by atoms with Crippen LogP contribution in [-0.2, 0) is 0 Å². The maximum atomic E-state index is 4.37. The third-order valence-electron chi connectivity index (χ3n) is 3.30. The molecular weight excluding hydrogens is 234 g/mol. The van der Waals surface area contributed by atoms with Gasteiger partial charge in [0, 0.05) is 31.7 Å². The smallest absolute Gasteiger partial charge is 0.0589 e. The lowest BCUT2D eigenvalue weighted by Gasteiger charge is -2.19.